The van der Waals surface area contributed by atoms with Crippen LogP contribution in [0.1, 0.15) is 41.0 Å². The van der Waals surface area contributed by atoms with E-state index >= 15 is 0 Å². The SMILES string of the molecule is Cc1nc(C(=O)N2CCC[C@H]2c2cccc(Oc3ccccc3)n2)co1. The first-order chi connectivity index (χ1) is 12.7. The molecule has 0 saturated carbocycles. The fourth-order valence-corrected chi connectivity index (χ4v) is 3.21. The second-order valence-corrected chi connectivity index (χ2v) is 6.22. The number of nitrogens with zero attached hydrogens (tertiary/aromatic N) is 3. The summed E-state index contributed by atoms with van der Waals surface area (Å²) in [6.07, 6.45) is 3.21. The highest BCUT2D eigenvalue weighted by Gasteiger charge is 2.33. The van der Waals surface area contributed by atoms with Crippen molar-refractivity contribution in [3.05, 3.63) is 72.1 Å². The molecule has 2 aromatic heterocycles. The Hall–Kier alpha value is -3.15. The summed E-state index contributed by atoms with van der Waals surface area (Å²) >= 11 is 0. The third-order valence-electron chi connectivity index (χ3n) is 4.40. The average Bonchev–Trinajstić information content (AvgIpc) is 3.31. The maximum absolute atomic E-state index is 12.8. The quantitative estimate of drug-likeness (QED) is 0.708. The highest BCUT2D eigenvalue weighted by atomic mass is 16.5. The first-order valence-corrected chi connectivity index (χ1v) is 8.63. The number of aromatic nitrogens is 2. The van der Waals surface area contributed by atoms with Crippen molar-refractivity contribution in [3.63, 3.8) is 0 Å². The Bertz CT molecular complexity index is 907. The summed E-state index contributed by atoms with van der Waals surface area (Å²) in [4.78, 5) is 23.4. The Labute approximate surface area is 151 Å². The van der Waals surface area contributed by atoms with Crippen LogP contribution in [0.3, 0.4) is 0 Å². The molecule has 1 aromatic carbocycles. The van der Waals surface area contributed by atoms with Gasteiger partial charge in [-0.25, -0.2) is 9.97 Å². The first-order valence-electron chi connectivity index (χ1n) is 8.63. The normalized spacial score (nSPS) is 16.7. The summed E-state index contributed by atoms with van der Waals surface area (Å²) < 4.78 is 11.0. The van der Waals surface area contributed by atoms with E-state index in [2.05, 4.69) is 9.97 Å². The number of ether oxygens (including phenoxy) is 1. The van der Waals surface area contributed by atoms with Gasteiger partial charge in [0.15, 0.2) is 11.6 Å². The van der Waals surface area contributed by atoms with E-state index in [1.165, 1.54) is 6.26 Å². The van der Waals surface area contributed by atoms with E-state index in [-0.39, 0.29) is 11.9 Å². The van der Waals surface area contributed by atoms with Crippen LogP contribution in [0.15, 0.2) is 59.2 Å². The summed E-state index contributed by atoms with van der Waals surface area (Å²) in [7, 11) is 0. The summed E-state index contributed by atoms with van der Waals surface area (Å²) in [5.41, 5.74) is 1.16. The highest BCUT2D eigenvalue weighted by Crippen LogP contribution is 2.33. The molecule has 3 aromatic rings. The fourth-order valence-electron chi connectivity index (χ4n) is 3.21. The fraction of sp³-hybridized carbons (Fsp3) is 0.250. The number of pyridine rings is 1. The summed E-state index contributed by atoms with van der Waals surface area (Å²) in [6, 6.07) is 15.1. The van der Waals surface area contributed by atoms with Crippen molar-refractivity contribution in [1.29, 1.82) is 0 Å². The van der Waals surface area contributed by atoms with Crippen molar-refractivity contribution in [3.8, 4) is 11.6 Å². The molecule has 0 bridgehead atoms. The van der Waals surface area contributed by atoms with E-state index in [9.17, 15) is 4.79 Å². The predicted octanol–water partition coefficient (Wildman–Crippen LogP) is 4.15. The van der Waals surface area contributed by atoms with Gasteiger partial charge in [0.25, 0.3) is 5.91 Å². The predicted molar refractivity (Wildman–Crippen MR) is 95.0 cm³/mol. The van der Waals surface area contributed by atoms with Gasteiger partial charge >= 0.3 is 0 Å². The van der Waals surface area contributed by atoms with E-state index in [4.69, 9.17) is 9.15 Å². The highest BCUT2D eigenvalue weighted by molar-refractivity contribution is 5.92. The Morgan fingerprint density at radius 2 is 2.00 bits per heavy atom. The molecule has 1 fully saturated rings. The van der Waals surface area contributed by atoms with Gasteiger partial charge in [-0.2, -0.15) is 0 Å². The minimum absolute atomic E-state index is 0.0844. The minimum Gasteiger partial charge on any atom is -0.448 e. The van der Waals surface area contributed by atoms with E-state index in [0.29, 0.717) is 24.0 Å². The van der Waals surface area contributed by atoms with Gasteiger partial charge in [0.05, 0.1) is 11.7 Å². The van der Waals surface area contributed by atoms with Gasteiger partial charge < -0.3 is 14.1 Å². The van der Waals surface area contributed by atoms with Crippen LogP contribution in [0.5, 0.6) is 11.6 Å². The molecule has 0 aliphatic carbocycles. The monoisotopic (exact) mass is 349 g/mol. The third-order valence-corrected chi connectivity index (χ3v) is 4.40. The van der Waals surface area contributed by atoms with Crippen molar-refractivity contribution in [2.45, 2.75) is 25.8 Å². The molecular formula is C20H19N3O3. The number of aryl methyl sites for hydroxylation is 1. The number of hydrogen-bond donors (Lipinski definition) is 0. The number of benzene rings is 1. The average molecular weight is 349 g/mol. The van der Waals surface area contributed by atoms with Crippen molar-refractivity contribution in [1.82, 2.24) is 14.9 Å². The largest absolute Gasteiger partial charge is 0.448 e. The lowest BCUT2D eigenvalue weighted by atomic mass is 10.1. The van der Waals surface area contributed by atoms with Gasteiger partial charge in [-0.15, -0.1) is 0 Å². The molecule has 1 aliphatic heterocycles. The second-order valence-electron chi connectivity index (χ2n) is 6.22. The molecule has 6 heteroatoms. The Kier molecular flexibility index (Phi) is 4.39. The van der Waals surface area contributed by atoms with Crippen LogP contribution < -0.4 is 4.74 Å². The zero-order valence-electron chi connectivity index (χ0n) is 14.5. The van der Waals surface area contributed by atoms with Gasteiger partial charge in [-0.3, -0.25) is 4.79 Å². The second kappa shape index (κ2) is 7.00. The van der Waals surface area contributed by atoms with Crippen LogP contribution >= 0.6 is 0 Å². The summed E-state index contributed by atoms with van der Waals surface area (Å²) in [5, 5.41) is 0. The smallest absolute Gasteiger partial charge is 0.276 e. The van der Waals surface area contributed by atoms with Gasteiger partial charge in [0.2, 0.25) is 5.88 Å². The number of hydrogen-bond acceptors (Lipinski definition) is 5. The van der Waals surface area contributed by atoms with Gasteiger partial charge in [0.1, 0.15) is 12.0 Å². The lowest BCUT2D eigenvalue weighted by Gasteiger charge is -2.23. The maximum Gasteiger partial charge on any atom is 0.276 e. The van der Waals surface area contributed by atoms with Gasteiger partial charge in [-0.1, -0.05) is 24.3 Å². The Morgan fingerprint density at radius 3 is 2.77 bits per heavy atom. The van der Waals surface area contributed by atoms with Crippen LogP contribution in [0.25, 0.3) is 0 Å². The topological polar surface area (TPSA) is 68.5 Å². The molecule has 0 N–H and O–H groups in total. The minimum atomic E-state index is -0.125. The molecule has 0 unspecified atom stereocenters. The standard InChI is InChI=1S/C20H19N3O3/c1-14-21-17(13-25-14)20(24)23-12-6-10-18(23)16-9-5-11-19(22-16)26-15-7-3-2-4-8-15/h2-5,7-9,11,13,18H,6,10,12H2,1H3/t18-/m0/s1. The Balaban J connectivity index is 1.56. The van der Waals surface area contributed by atoms with Crippen molar-refractivity contribution in [2.24, 2.45) is 0 Å². The molecule has 1 saturated heterocycles. The number of likely N-dealkylation sites (tertiary alicyclic amines) is 1. The summed E-state index contributed by atoms with van der Waals surface area (Å²) in [6.45, 7) is 2.41. The zero-order valence-corrected chi connectivity index (χ0v) is 14.5. The third kappa shape index (κ3) is 3.31. The molecule has 132 valence electrons. The molecular weight excluding hydrogens is 330 g/mol. The first kappa shape index (κ1) is 16.3. The molecule has 26 heavy (non-hydrogen) atoms. The summed E-state index contributed by atoms with van der Waals surface area (Å²) in [5.74, 6) is 1.61. The van der Waals surface area contributed by atoms with Crippen molar-refractivity contribution >= 4 is 5.91 Å². The van der Waals surface area contributed by atoms with Crippen LogP contribution in [-0.4, -0.2) is 27.3 Å². The molecule has 6 nitrogen and oxygen atoms in total. The molecule has 0 spiro atoms. The molecule has 1 atom stereocenters. The van der Waals surface area contributed by atoms with Crippen LogP contribution in [0.2, 0.25) is 0 Å². The number of carbonyl (C=O) groups is 1. The lowest BCUT2D eigenvalue weighted by Crippen LogP contribution is -2.31. The van der Waals surface area contributed by atoms with Crippen LogP contribution in [-0.2, 0) is 0 Å². The number of carbonyl (C=O) groups excluding carboxylic acids is 1. The van der Waals surface area contributed by atoms with E-state index in [0.717, 1.165) is 24.3 Å². The number of rotatable bonds is 4. The van der Waals surface area contributed by atoms with Crippen LogP contribution in [0, 0.1) is 6.92 Å². The molecule has 1 aliphatic rings. The Morgan fingerprint density at radius 1 is 1.15 bits per heavy atom. The van der Waals surface area contributed by atoms with Crippen LogP contribution in [0.4, 0.5) is 0 Å². The molecule has 0 radical (unpaired) electrons. The number of para-hydroxylation sites is 1. The van der Waals surface area contributed by atoms with Gasteiger partial charge in [0, 0.05) is 19.5 Å². The number of oxazole rings is 1. The van der Waals surface area contributed by atoms with Crippen molar-refractivity contribution < 1.29 is 13.9 Å². The molecule has 1 amide bonds. The zero-order chi connectivity index (χ0) is 17.9. The van der Waals surface area contributed by atoms with E-state index in [1.807, 2.05) is 53.4 Å². The maximum atomic E-state index is 12.8. The number of amides is 1. The molecule has 4 rings (SSSR count). The van der Waals surface area contributed by atoms with E-state index < -0.39 is 0 Å². The lowest BCUT2D eigenvalue weighted by molar-refractivity contribution is 0.0726. The van der Waals surface area contributed by atoms with Crippen molar-refractivity contribution in [2.75, 3.05) is 6.54 Å². The molecule has 3 heterocycles. The van der Waals surface area contributed by atoms with Gasteiger partial charge in [-0.05, 0) is 31.0 Å². The van der Waals surface area contributed by atoms with E-state index in [1.54, 1.807) is 6.92 Å².